The number of nitrogens with zero attached hydrogens (tertiary/aromatic N) is 1. The molecular weight excluding hydrogens is 276 g/mol. The Kier molecular flexibility index (Phi) is 4.21. The third-order valence-corrected chi connectivity index (χ3v) is 4.66. The number of aryl methyl sites for hydroxylation is 2. The van der Waals surface area contributed by atoms with E-state index in [1.165, 1.54) is 40.4 Å². The molecule has 22 heavy (non-hydrogen) atoms. The number of nitrogens with one attached hydrogen (secondary N) is 1. The molecule has 0 saturated heterocycles. The molecule has 0 amide bonds. The maximum Gasteiger partial charge on any atom is 0.305 e. The van der Waals surface area contributed by atoms with Gasteiger partial charge in [0.25, 0.3) is 0 Å². The van der Waals surface area contributed by atoms with Crippen molar-refractivity contribution in [3.8, 4) is 0 Å². The van der Waals surface area contributed by atoms with Crippen LogP contribution >= 0.6 is 0 Å². The van der Waals surface area contributed by atoms with E-state index in [-0.39, 0.29) is 5.97 Å². The fourth-order valence-electron chi connectivity index (χ4n) is 3.50. The van der Waals surface area contributed by atoms with Gasteiger partial charge < -0.3 is 14.6 Å². The number of esters is 1. The molecule has 2 aromatic rings. The molecule has 0 unspecified atom stereocenters. The molecule has 3 rings (SSSR count). The number of aromatic nitrogens is 1. The van der Waals surface area contributed by atoms with Crippen LogP contribution in [-0.4, -0.2) is 17.6 Å². The van der Waals surface area contributed by atoms with E-state index in [1.807, 2.05) is 0 Å². The lowest BCUT2D eigenvalue weighted by molar-refractivity contribution is -0.140. The van der Waals surface area contributed by atoms with Gasteiger partial charge in [-0.1, -0.05) is 6.92 Å². The van der Waals surface area contributed by atoms with Crippen molar-refractivity contribution in [1.82, 2.24) is 9.88 Å². The molecule has 1 aromatic heterocycles. The number of fused-ring (bicyclic) bond motifs is 2. The first kappa shape index (κ1) is 15.1. The summed E-state index contributed by atoms with van der Waals surface area (Å²) in [5.74, 6) is -0.140. The van der Waals surface area contributed by atoms with Crippen molar-refractivity contribution < 1.29 is 9.53 Å². The molecular formula is C18H24N2O2. The van der Waals surface area contributed by atoms with Gasteiger partial charge in [0.1, 0.15) is 0 Å². The monoisotopic (exact) mass is 300 g/mol. The Morgan fingerprint density at radius 1 is 1.32 bits per heavy atom. The highest BCUT2D eigenvalue weighted by Gasteiger charge is 2.19. The van der Waals surface area contributed by atoms with Crippen LogP contribution in [0.1, 0.15) is 42.1 Å². The number of benzene rings is 1. The molecule has 0 atom stereocenters. The second kappa shape index (κ2) is 6.13. The third-order valence-electron chi connectivity index (χ3n) is 4.66. The average Bonchev–Trinajstić information content (AvgIpc) is 3.07. The van der Waals surface area contributed by atoms with Gasteiger partial charge >= 0.3 is 5.97 Å². The first-order chi connectivity index (χ1) is 10.7. The Bertz CT molecular complexity index is 716. The third kappa shape index (κ3) is 2.52. The summed E-state index contributed by atoms with van der Waals surface area (Å²) in [6.07, 6.45) is 2.30. The number of rotatable bonds is 5. The van der Waals surface area contributed by atoms with Gasteiger partial charge in [-0.25, -0.2) is 0 Å². The summed E-state index contributed by atoms with van der Waals surface area (Å²) in [4.78, 5) is 11.5. The minimum atomic E-state index is -0.140. The molecule has 1 aromatic carbocycles. The molecule has 0 radical (unpaired) electrons. The lowest BCUT2D eigenvalue weighted by Gasteiger charge is -2.07. The molecule has 0 saturated carbocycles. The Morgan fingerprint density at radius 2 is 2.05 bits per heavy atom. The van der Waals surface area contributed by atoms with Crippen LogP contribution < -0.4 is 5.32 Å². The maximum atomic E-state index is 11.5. The summed E-state index contributed by atoms with van der Waals surface area (Å²) < 4.78 is 7.20. The Labute approximate surface area is 131 Å². The summed E-state index contributed by atoms with van der Waals surface area (Å²) in [7, 11) is 1.45. The Morgan fingerprint density at radius 3 is 2.73 bits per heavy atom. The van der Waals surface area contributed by atoms with Crippen molar-refractivity contribution >= 4 is 16.9 Å². The molecule has 2 heterocycles. The first-order valence-electron chi connectivity index (χ1n) is 8.06. The SMILES string of the molecule is CCCn1c(C)c(CCC(=O)OC)c2cc3c(cc21)CNC3. The highest BCUT2D eigenvalue weighted by Crippen LogP contribution is 2.31. The summed E-state index contributed by atoms with van der Waals surface area (Å²) in [5.41, 5.74) is 6.69. The van der Waals surface area contributed by atoms with Crippen molar-refractivity contribution in [3.63, 3.8) is 0 Å². The fraction of sp³-hybridized carbons (Fsp3) is 0.500. The van der Waals surface area contributed by atoms with Crippen LogP contribution in [0.2, 0.25) is 0 Å². The minimum Gasteiger partial charge on any atom is -0.469 e. The predicted octanol–water partition coefficient (Wildman–Crippen LogP) is 3.07. The molecule has 1 N–H and O–H groups in total. The van der Waals surface area contributed by atoms with Gasteiger partial charge in [-0.2, -0.15) is 0 Å². The van der Waals surface area contributed by atoms with E-state index < -0.39 is 0 Å². The zero-order valence-corrected chi connectivity index (χ0v) is 13.7. The lowest BCUT2D eigenvalue weighted by Crippen LogP contribution is -2.04. The summed E-state index contributed by atoms with van der Waals surface area (Å²) in [6.45, 7) is 7.30. The van der Waals surface area contributed by atoms with Crippen molar-refractivity contribution in [2.75, 3.05) is 7.11 Å². The molecule has 1 aliphatic heterocycles. The van der Waals surface area contributed by atoms with Gasteiger partial charge in [0.2, 0.25) is 0 Å². The van der Waals surface area contributed by atoms with Crippen molar-refractivity contribution in [2.45, 2.75) is 52.7 Å². The summed E-state index contributed by atoms with van der Waals surface area (Å²) >= 11 is 0. The number of methoxy groups -OCH3 is 1. The maximum absolute atomic E-state index is 11.5. The molecule has 118 valence electrons. The first-order valence-corrected chi connectivity index (χ1v) is 8.06. The van der Waals surface area contributed by atoms with E-state index in [2.05, 4.69) is 35.9 Å². The molecule has 0 fully saturated rings. The van der Waals surface area contributed by atoms with E-state index >= 15 is 0 Å². The van der Waals surface area contributed by atoms with Crippen LogP contribution in [0.25, 0.3) is 10.9 Å². The van der Waals surface area contributed by atoms with Gasteiger partial charge in [-0.05, 0) is 48.6 Å². The summed E-state index contributed by atoms with van der Waals surface area (Å²) in [5, 5.41) is 4.72. The molecule has 0 spiro atoms. The van der Waals surface area contributed by atoms with Crippen LogP contribution in [0, 0.1) is 6.92 Å². The van der Waals surface area contributed by atoms with Crippen molar-refractivity contribution in [2.24, 2.45) is 0 Å². The van der Waals surface area contributed by atoms with E-state index in [0.717, 1.165) is 32.5 Å². The van der Waals surface area contributed by atoms with Gasteiger partial charge in [-0.3, -0.25) is 4.79 Å². The number of carbonyl (C=O) groups excluding carboxylic acids is 1. The van der Waals surface area contributed by atoms with E-state index in [4.69, 9.17) is 4.74 Å². The van der Waals surface area contributed by atoms with E-state index in [1.54, 1.807) is 0 Å². The summed E-state index contributed by atoms with van der Waals surface area (Å²) in [6, 6.07) is 4.64. The topological polar surface area (TPSA) is 43.3 Å². The number of carbonyl (C=O) groups is 1. The van der Waals surface area contributed by atoms with Crippen LogP contribution in [0.5, 0.6) is 0 Å². The second-order valence-electron chi connectivity index (χ2n) is 6.03. The Balaban J connectivity index is 2.09. The van der Waals surface area contributed by atoms with Crippen LogP contribution in [0.3, 0.4) is 0 Å². The molecule has 0 aliphatic carbocycles. The highest BCUT2D eigenvalue weighted by molar-refractivity contribution is 5.88. The molecule has 4 heteroatoms. The zero-order valence-electron chi connectivity index (χ0n) is 13.7. The smallest absolute Gasteiger partial charge is 0.305 e. The fourth-order valence-corrected chi connectivity index (χ4v) is 3.50. The number of ether oxygens (including phenoxy) is 1. The van der Waals surface area contributed by atoms with Gasteiger partial charge in [0.15, 0.2) is 0 Å². The van der Waals surface area contributed by atoms with E-state index in [0.29, 0.717) is 6.42 Å². The van der Waals surface area contributed by atoms with Crippen LogP contribution in [0.4, 0.5) is 0 Å². The molecule has 0 bridgehead atoms. The number of hydrogen-bond donors (Lipinski definition) is 1. The molecule has 1 aliphatic rings. The predicted molar refractivity (Wildman–Crippen MR) is 87.8 cm³/mol. The largest absolute Gasteiger partial charge is 0.469 e. The van der Waals surface area contributed by atoms with E-state index in [9.17, 15) is 4.79 Å². The van der Waals surface area contributed by atoms with Gasteiger partial charge in [0.05, 0.1) is 7.11 Å². The average molecular weight is 300 g/mol. The highest BCUT2D eigenvalue weighted by atomic mass is 16.5. The standard InChI is InChI=1S/C18H24N2O2/c1-4-7-20-12(2)15(5-6-18(21)22-3)16-8-13-10-19-11-14(13)9-17(16)20/h8-9,19H,4-7,10-11H2,1-3H3. The second-order valence-corrected chi connectivity index (χ2v) is 6.03. The van der Waals surface area contributed by atoms with Crippen LogP contribution in [0.15, 0.2) is 12.1 Å². The van der Waals surface area contributed by atoms with Crippen molar-refractivity contribution in [3.05, 3.63) is 34.5 Å². The Hall–Kier alpha value is -1.81. The minimum absolute atomic E-state index is 0.140. The quantitative estimate of drug-likeness (QED) is 0.863. The normalized spacial score (nSPS) is 13.6. The molecule has 4 nitrogen and oxygen atoms in total. The van der Waals surface area contributed by atoms with Crippen LogP contribution in [-0.2, 0) is 35.6 Å². The van der Waals surface area contributed by atoms with Gasteiger partial charge in [-0.15, -0.1) is 0 Å². The lowest BCUT2D eigenvalue weighted by atomic mass is 10.0. The number of hydrogen-bond acceptors (Lipinski definition) is 3. The zero-order chi connectivity index (χ0) is 15.7. The van der Waals surface area contributed by atoms with Gasteiger partial charge in [0, 0.05) is 42.7 Å². The van der Waals surface area contributed by atoms with Crippen molar-refractivity contribution in [1.29, 1.82) is 0 Å².